The Labute approximate surface area is 192 Å². The van der Waals surface area contributed by atoms with Crippen LogP contribution in [-0.4, -0.2) is 30.8 Å². The van der Waals surface area contributed by atoms with Crippen molar-refractivity contribution in [3.05, 3.63) is 90.0 Å². The fourth-order valence-electron chi connectivity index (χ4n) is 3.27. The van der Waals surface area contributed by atoms with Crippen LogP contribution in [0.1, 0.15) is 0 Å². The fraction of sp³-hybridized carbons (Fsp3) is 0. The van der Waals surface area contributed by atoms with E-state index in [9.17, 15) is 9.18 Å². The average molecular weight is 460 g/mol. The van der Waals surface area contributed by atoms with Gasteiger partial charge in [-0.3, -0.25) is 4.98 Å². The van der Waals surface area contributed by atoms with E-state index >= 15 is 0 Å². The molecule has 2 N–H and O–H groups in total. The first kappa shape index (κ1) is 20.5. The van der Waals surface area contributed by atoms with Crippen molar-refractivity contribution in [2.45, 2.75) is 0 Å². The van der Waals surface area contributed by atoms with Gasteiger partial charge in [-0.05, 0) is 48.5 Å². The number of halogens is 2. The highest BCUT2D eigenvalue weighted by Crippen LogP contribution is 2.26. The van der Waals surface area contributed by atoms with Gasteiger partial charge in [-0.15, -0.1) is 10.2 Å². The zero-order valence-corrected chi connectivity index (χ0v) is 17.7. The van der Waals surface area contributed by atoms with Gasteiger partial charge >= 0.3 is 6.03 Å². The number of hydrogen-bond donors (Lipinski definition) is 2. The summed E-state index contributed by atoms with van der Waals surface area (Å²) in [6, 6.07) is 18.0. The predicted octanol–water partition coefficient (Wildman–Crippen LogP) is 5.29. The molecule has 2 aromatic carbocycles. The summed E-state index contributed by atoms with van der Waals surface area (Å²) in [5, 5.41) is 18.3. The van der Waals surface area contributed by atoms with Crippen molar-refractivity contribution in [1.29, 1.82) is 0 Å². The number of benzene rings is 2. The summed E-state index contributed by atoms with van der Waals surface area (Å²) in [4.78, 5) is 16.5. The zero-order valence-electron chi connectivity index (χ0n) is 16.9. The molecule has 33 heavy (non-hydrogen) atoms. The maximum atomic E-state index is 13.9. The minimum absolute atomic E-state index is 0.0875. The molecule has 162 valence electrons. The number of carbonyl (C=O) groups excluding carboxylic acids is 1. The Balaban J connectivity index is 1.41. The van der Waals surface area contributed by atoms with Crippen LogP contribution < -0.4 is 10.6 Å². The third-order valence-corrected chi connectivity index (χ3v) is 5.12. The van der Waals surface area contributed by atoms with Crippen molar-refractivity contribution < 1.29 is 9.18 Å². The van der Waals surface area contributed by atoms with Crippen molar-refractivity contribution in [1.82, 2.24) is 24.8 Å². The van der Waals surface area contributed by atoms with Crippen LogP contribution in [-0.2, 0) is 0 Å². The van der Waals surface area contributed by atoms with Crippen molar-refractivity contribution >= 4 is 34.7 Å². The van der Waals surface area contributed by atoms with Gasteiger partial charge in [0.2, 0.25) is 0 Å². The Kier molecular flexibility index (Phi) is 5.37. The smallest absolute Gasteiger partial charge is 0.308 e. The first-order valence-corrected chi connectivity index (χ1v) is 10.2. The summed E-state index contributed by atoms with van der Waals surface area (Å²) < 4.78 is 15.6. The number of nitrogens with one attached hydrogen (secondary N) is 2. The molecular formula is C23H15ClFN7O. The highest BCUT2D eigenvalue weighted by molar-refractivity contribution is 6.33. The van der Waals surface area contributed by atoms with Gasteiger partial charge in [0.05, 0.1) is 16.4 Å². The van der Waals surface area contributed by atoms with Gasteiger partial charge in [0.1, 0.15) is 5.82 Å². The second kappa shape index (κ2) is 8.64. The third-order valence-electron chi connectivity index (χ3n) is 4.80. The Hall–Kier alpha value is -4.37. The number of para-hydroxylation sites is 1. The van der Waals surface area contributed by atoms with E-state index in [1.807, 2.05) is 30.3 Å². The second-order valence-electron chi connectivity index (χ2n) is 7.01. The number of pyridine rings is 1. The minimum Gasteiger partial charge on any atom is -0.308 e. The third kappa shape index (κ3) is 4.21. The molecule has 10 heteroatoms. The molecule has 0 fully saturated rings. The molecule has 5 aromatic rings. The number of amides is 2. The normalized spacial score (nSPS) is 10.8. The highest BCUT2D eigenvalue weighted by atomic mass is 35.5. The molecule has 0 radical (unpaired) electrons. The summed E-state index contributed by atoms with van der Waals surface area (Å²) in [6.45, 7) is 0. The molecule has 0 atom stereocenters. The number of carbonyl (C=O) groups is 1. The van der Waals surface area contributed by atoms with Crippen LogP contribution in [0.2, 0.25) is 5.02 Å². The lowest BCUT2D eigenvalue weighted by molar-refractivity contribution is 0.262. The van der Waals surface area contributed by atoms with Gasteiger partial charge in [-0.25, -0.2) is 9.18 Å². The van der Waals surface area contributed by atoms with Gasteiger partial charge in [0, 0.05) is 29.2 Å². The summed E-state index contributed by atoms with van der Waals surface area (Å²) in [7, 11) is 0. The lowest BCUT2D eigenvalue weighted by atomic mass is 10.1. The predicted molar refractivity (Wildman–Crippen MR) is 124 cm³/mol. The topological polar surface area (TPSA) is 97.1 Å². The van der Waals surface area contributed by atoms with Crippen molar-refractivity contribution in [2.75, 3.05) is 10.6 Å². The van der Waals surface area contributed by atoms with Crippen LogP contribution in [0.15, 0.2) is 79.1 Å². The Morgan fingerprint density at radius 3 is 2.61 bits per heavy atom. The summed E-state index contributed by atoms with van der Waals surface area (Å²) in [5.74, 6) is -0.0577. The molecule has 0 saturated heterocycles. The molecule has 0 saturated carbocycles. The van der Waals surface area contributed by atoms with E-state index in [4.69, 9.17) is 11.6 Å². The lowest BCUT2D eigenvalue weighted by Crippen LogP contribution is -2.20. The maximum absolute atomic E-state index is 13.9. The molecule has 0 unspecified atom stereocenters. The lowest BCUT2D eigenvalue weighted by Gasteiger charge is -2.11. The van der Waals surface area contributed by atoms with E-state index in [-0.39, 0.29) is 10.7 Å². The molecular weight excluding hydrogens is 445 g/mol. The number of aromatic nitrogens is 5. The number of anilines is 2. The SMILES string of the molecule is O=C(Nc1cccc(-c2ccc3nnc(-c4cccnc4)n3n2)c1)Nc1c(F)cccc1Cl. The Bertz CT molecular complexity index is 1450. The van der Waals surface area contributed by atoms with Gasteiger partial charge in [-0.2, -0.15) is 9.61 Å². The largest absolute Gasteiger partial charge is 0.323 e. The highest BCUT2D eigenvalue weighted by Gasteiger charge is 2.13. The van der Waals surface area contributed by atoms with Gasteiger partial charge in [-0.1, -0.05) is 29.8 Å². The number of urea groups is 1. The fourth-order valence-corrected chi connectivity index (χ4v) is 3.48. The molecule has 0 spiro atoms. The quantitative estimate of drug-likeness (QED) is 0.380. The standard InChI is InChI=1S/C23H15ClFN7O/c24-17-7-2-8-18(25)21(17)28-23(33)27-16-6-1-4-14(12-16)19-9-10-20-29-30-22(32(20)31-19)15-5-3-11-26-13-15/h1-13H,(H2,27,28,33). The van der Waals surface area contributed by atoms with Crippen molar-refractivity contribution in [2.24, 2.45) is 0 Å². The van der Waals surface area contributed by atoms with E-state index < -0.39 is 11.8 Å². The molecule has 0 aliphatic heterocycles. The zero-order chi connectivity index (χ0) is 22.8. The van der Waals surface area contributed by atoms with E-state index in [0.29, 0.717) is 22.9 Å². The van der Waals surface area contributed by atoms with Crippen LogP contribution in [0.5, 0.6) is 0 Å². The van der Waals surface area contributed by atoms with E-state index in [1.165, 1.54) is 18.2 Å². The Morgan fingerprint density at radius 1 is 0.939 bits per heavy atom. The summed E-state index contributed by atoms with van der Waals surface area (Å²) >= 11 is 5.97. The number of fused-ring (bicyclic) bond motifs is 1. The minimum atomic E-state index is -0.625. The molecule has 0 aliphatic rings. The number of rotatable bonds is 4. The number of hydrogen-bond acceptors (Lipinski definition) is 5. The molecule has 2 amide bonds. The summed E-state index contributed by atoms with van der Waals surface area (Å²) in [5.41, 5.74) is 3.19. The van der Waals surface area contributed by atoms with E-state index in [0.717, 1.165) is 11.1 Å². The molecule has 3 heterocycles. The van der Waals surface area contributed by atoms with Crippen LogP contribution in [0, 0.1) is 5.82 Å². The van der Waals surface area contributed by atoms with Crippen LogP contribution >= 0.6 is 11.6 Å². The molecule has 0 aliphatic carbocycles. The second-order valence-corrected chi connectivity index (χ2v) is 7.42. The van der Waals surface area contributed by atoms with E-state index in [2.05, 4.69) is 30.9 Å². The summed E-state index contributed by atoms with van der Waals surface area (Å²) in [6.07, 6.45) is 3.37. The van der Waals surface area contributed by atoms with E-state index in [1.54, 1.807) is 35.1 Å². The van der Waals surface area contributed by atoms with Crippen molar-refractivity contribution in [3.8, 4) is 22.6 Å². The van der Waals surface area contributed by atoms with Gasteiger partial charge < -0.3 is 10.6 Å². The first-order valence-electron chi connectivity index (χ1n) is 9.84. The average Bonchev–Trinajstić information content (AvgIpc) is 3.26. The van der Waals surface area contributed by atoms with Crippen LogP contribution in [0.4, 0.5) is 20.6 Å². The van der Waals surface area contributed by atoms with Crippen molar-refractivity contribution in [3.63, 3.8) is 0 Å². The van der Waals surface area contributed by atoms with Crippen LogP contribution in [0.3, 0.4) is 0 Å². The van der Waals surface area contributed by atoms with Crippen LogP contribution in [0.25, 0.3) is 28.3 Å². The molecule has 8 nitrogen and oxygen atoms in total. The first-order chi connectivity index (χ1) is 16.1. The molecule has 3 aromatic heterocycles. The number of nitrogens with zero attached hydrogens (tertiary/aromatic N) is 5. The van der Waals surface area contributed by atoms with Gasteiger partial charge in [0.25, 0.3) is 0 Å². The maximum Gasteiger partial charge on any atom is 0.323 e. The monoisotopic (exact) mass is 459 g/mol. The Morgan fingerprint density at radius 2 is 1.79 bits per heavy atom. The molecule has 0 bridgehead atoms. The van der Waals surface area contributed by atoms with Gasteiger partial charge in [0.15, 0.2) is 11.5 Å². The molecule has 5 rings (SSSR count).